The van der Waals surface area contributed by atoms with Crippen molar-refractivity contribution in [3.8, 4) is 0 Å². The lowest BCUT2D eigenvalue weighted by atomic mass is 10.1. The van der Waals surface area contributed by atoms with Crippen molar-refractivity contribution in [2.75, 3.05) is 45.0 Å². The second-order valence-corrected chi connectivity index (χ2v) is 9.05. The van der Waals surface area contributed by atoms with Gasteiger partial charge < -0.3 is 14.5 Å². The number of rotatable bonds is 3. The molecule has 2 saturated heterocycles. The van der Waals surface area contributed by atoms with Gasteiger partial charge in [-0.15, -0.1) is 11.8 Å². The Hall–Kier alpha value is -1.47. The van der Waals surface area contributed by atoms with Gasteiger partial charge in [0.15, 0.2) is 0 Å². The average Bonchev–Trinajstić information content (AvgIpc) is 2.81. The quantitative estimate of drug-likeness (QED) is 0.756. The molecular weight excluding hydrogens is 348 g/mol. The van der Waals surface area contributed by atoms with Crippen molar-refractivity contribution in [1.82, 2.24) is 14.7 Å². The number of thioether (sulfide) groups is 1. The van der Waals surface area contributed by atoms with Crippen LogP contribution in [0.25, 0.3) is 0 Å². The third-order valence-electron chi connectivity index (χ3n) is 4.79. The molecule has 1 amide bonds. The summed E-state index contributed by atoms with van der Waals surface area (Å²) in [7, 11) is 0. The van der Waals surface area contributed by atoms with Crippen molar-refractivity contribution in [2.45, 2.75) is 38.8 Å². The number of nitrogens with zero attached hydrogens (tertiary/aromatic N) is 4. The summed E-state index contributed by atoms with van der Waals surface area (Å²) in [6.45, 7) is 15.4. The fourth-order valence-electron chi connectivity index (χ4n) is 3.27. The number of aliphatic imine (C=N–C) groups is 1. The normalized spacial score (nSPS) is 22.5. The maximum absolute atomic E-state index is 12.1. The molecule has 26 heavy (non-hydrogen) atoms. The summed E-state index contributed by atoms with van der Waals surface area (Å²) in [5, 5.41) is 1.05. The van der Waals surface area contributed by atoms with Crippen LogP contribution in [0, 0.1) is 0 Å². The zero-order chi connectivity index (χ0) is 18.7. The number of allylic oxidation sites excluding steroid dienone is 1. The first-order valence-electron chi connectivity index (χ1n) is 9.35. The third kappa shape index (κ3) is 4.82. The van der Waals surface area contributed by atoms with Crippen LogP contribution in [-0.4, -0.2) is 82.5 Å². The molecule has 0 radical (unpaired) electrons. The number of amides is 1. The molecule has 3 aliphatic heterocycles. The summed E-state index contributed by atoms with van der Waals surface area (Å²) in [6, 6.07) is 0.450. The Morgan fingerprint density at radius 2 is 1.92 bits per heavy atom. The predicted octanol–water partition coefficient (Wildman–Crippen LogP) is 2.79. The van der Waals surface area contributed by atoms with E-state index < -0.39 is 5.60 Å². The van der Waals surface area contributed by atoms with E-state index in [1.807, 2.05) is 27.0 Å². The number of piperazine rings is 1. The lowest BCUT2D eigenvalue weighted by Crippen LogP contribution is -2.64. The Labute approximate surface area is 160 Å². The first-order valence-corrected chi connectivity index (χ1v) is 10.3. The van der Waals surface area contributed by atoms with Crippen LogP contribution in [0.1, 0.15) is 27.2 Å². The van der Waals surface area contributed by atoms with Crippen LogP contribution in [-0.2, 0) is 4.74 Å². The Bertz CT molecular complexity index is 597. The molecule has 0 aromatic carbocycles. The van der Waals surface area contributed by atoms with E-state index in [0.717, 1.165) is 62.2 Å². The number of ether oxygens (including phenoxy) is 1. The van der Waals surface area contributed by atoms with Crippen LogP contribution >= 0.6 is 11.8 Å². The molecular formula is C19H30N4O2S. The van der Waals surface area contributed by atoms with Gasteiger partial charge in [0.05, 0.1) is 5.70 Å². The zero-order valence-electron chi connectivity index (χ0n) is 16.1. The SMILES string of the molecule is C=C(C1=NC=CCCS1)N1CCN(C2CN(C(=O)OC(C)(C)C)C2)CC1. The molecule has 0 aromatic heterocycles. The minimum absolute atomic E-state index is 0.197. The standard InChI is InChI=1S/C19H30N4O2S/c1-15(17-20-7-5-6-12-26-17)21-8-10-22(11-9-21)16-13-23(14-16)18(24)25-19(2,3)4/h5,7,16H,1,6,8-14H2,2-4H3. The Balaban J connectivity index is 1.42. The monoisotopic (exact) mass is 378 g/mol. The first-order chi connectivity index (χ1) is 12.3. The lowest BCUT2D eigenvalue weighted by Gasteiger charge is -2.48. The number of carbonyl (C=O) groups is 1. The van der Waals surface area contributed by atoms with Gasteiger partial charge in [-0.25, -0.2) is 9.79 Å². The van der Waals surface area contributed by atoms with Crippen LogP contribution in [0.2, 0.25) is 0 Å². The van der Waals surface area contributed by atoms with Crippen LogP contribution < -0.4 is 0 Å². The third-order valence-corrected chi connectivity index (χ3v) is 5.85. The summed E-state index contributed by atoms with van der Waals surface area (Å²) < 4.78 is 5.43. The Morgan fingerprint density at radius 3 is 2.58 bits per heavy atom. The van der Waals surface area contributed by atoms with Crippen molar-refractivity contribution in [2.24, 2.45) is 4.99 Å². The number of hydrogen-bond donors (Lipinski definition) is 0. The van der Waals surface area contributed by atoms with Gasteiger partial charge in [-0.1, -0.05) is 12.7 Å². The highest BCUT2D eigenvalue weighted by Gasteiger charge is 2.38. The van der Waals surface area contributed by atoms with Gasteiger partial charge in [-0.3, -0.25) is 4.90 Å². The fraction of sp³-hybridized carbons (Fsp3) is 0.684. The van der Waals surface area contributed by atoms with E-state index in [0.29, 0.717) is 6.04 Å². The molecule has 0 spiro atoms. The molecule has 0 N–H and O–H groups in total. The zero-order valence-corrected chi connectivity index (χ0v) is 16.9. The Kier molecular flexibility index (Phi) is 5.97. The van der Waals surface area contributed by atoms with Crippen LogP contribution in [0.3, 0.4) is 0 Å². The van der Waals surface area contributed by atoms with E-state index in [2.05, 4.69) is 27.4 Å². The molecule has 0 aliphatic carbocycles. The molecule has 2 fully saturated rings. The van der Waals surface area contributed by atoms with Gasteiger partial charge in [0.25, 0.3) is 0 Å². The second-order valence-electron chi connectivity index (χ2n) is 7.97. The van der Waals surface area contributed by atoms with Crippen LogP contribution in [0.4, 0.5) is 4.79 Å². The summed E-state index contributed by atoms with van der Waals surface area (Å²) in [6.07, 6.45) is 4.88. The summed E-state index contributed by atoms with van der Waals surface area (Å²) in [4.78, 5) is 23.2. The smallest absolute Gasteiger partial charge is 0.410 e. The minimum atomic E-state index is -0.428. The van der Waals surface area contributed by atoms with Crippen molar-refractivity contribution >= 4 is 22.9 Å². The molecule has 7 heteroatoms. The second kappa shape index (κ2) is 8.05. The fourth-order valence-corrected chi connectivity index (χ4v) is 4.15. The Morgan fingerprint density at radius 1 is 1.23 bits per heavy atom. The van der Waals surface area contributed by atoms with Gasteiger partial charge in [0.2, 0.25) is 0 Å². The van der Waals surface area contributed by atoms with Gasteiger partial charge >= 0.3 is 6.09 Å². The van der Waals surface area contributed by atoms with E-state index in [1.165, 1.54) is 0 Å². The minimum Gasteiger partial charge on any atom is -0.444 e. The molecule has 3 heterocycles. The van der Waals surface area contributed by atoms with Crippen molar-refractivity contribution in [3.63, 3.8) is 0 Å². The highest BCUT2D eigenvalue weighted by Crippen LogP contribution is 2.23. The number of carbonyl (C=O) groups excluding carboxylic acids is 1. The molecule has 6 nitrogen and oxygen atoms in total. The summed E-state index contributed by atoms with van der Waals surface area (Å²) in [5.74, 6) is 1.07. The van der Waals surface area contributed by atoms with E-state index in [1.54, 1.807) is 16.7 Å². The average molecular weight is 379 g/mol. The number of hydrogen-bond acceptors (Lipinski definition) is 6. The summed E-state index contributed by atoms with van der Waals surface area (Å²) >= 11 is 1.79. The van der Waals surface area contributed by atoms with Gasteiger partial charge in [0, 0.05) is 57.3 Å². The highest BCUT2D eigenvalue weighted by molar-refractivity contribution is 8.14. The molecule has 3 rings (SSSR count). The van der Waals surface area contributed by atoms with Crippen molar-refractivity contribution < 1.29 is 9.53 Å². The topological polar surface area (TPSA) is 48.4 Å². The van der Waals surface area contributed by atoms with Crippen molar-refractivity contribution in [3.05, 3.63) is 24.6 Å². The van der Waals surface area contributed by atoms with Gasteiger partial charge in [-0.2, -0.15) is 0 Å². The van der Waals surface area contributed by atoms with E-state index in [4.69, 9.17) is 4.74 Å². The lowest BCUT2D eigenvalue weighted by molar-refractivity contribution is -0.0223. The number of likely N-dealkylation sites (tertiary alicyclic amines) is 1. The van der Waals surface area contributed by atoms with E-state index in [9.17, 15) is 4.79 Å². The van der Waals surface area contributed by atoms with Crippen LogP contribution in [0.5, 0.6) is 0 Å². The van der Waals surface area contributed by atoms with E-state index in [-0.39, 0.29) is 6.09 Å². The first kappa shape index (κ1) is 19.3. The molecule has 144 valence electrons. The van der Waals surface area contributed by atoms with Gasteiger partial charge in [0.1, 0.15) is 10.6 Å². The highest BCUT2D eigenvalue weighted by atomic mass is 32.2. The maximum Gasteiger partial charge on any atom is 0.410 e. The van der Waals surface area contributed by atoms with Crippen molar-refractivity contribution in [1.29, 1.82) is 0 Å². The summed E-state index contributed by atoms with van der Waals surface area (Å²) in [5.41, 5.74) is 0.618. The van der Waals surface area contributed by atoms with Gasteiger partial charge in [-0.05, 0) is 27.2 Å². The molecule has 0 unspecified atom stereocenters. The molecule has 0 aromatic rings. The maximum atomic E-state index is 12.1. The largest absolute Gasteiger partial charge is 0.444 e. The predicted molar refractivity (Wildman–Crippen MR) is 108 cm³/mol. The van der Waals surface area contributed by atoms with E-state index >= 15 is 0 Å². The molecule has 0 atom stereocenters. The van der Waals surface area contributed by atoms with Crippen LogP contribution in [0.15, 0.2) is 29.5 Å². The molecule has 3 aliphatic rings. The molecule has 0 bridgehead atoms. The molecule has 0 saturated carbocycles.